The Bertz CT molecular complexity index is 610. The molecule has 0 aromatic heterocycles. The van der Waals surface area contributed by atoms with Crippen LogP contribution in [0.2, 0.25) is 0 Å². The number of rotatable bonds is 4. The maximum Gasteiger partial charge on any atom is 0.165 e. The van der Waals surface area contributed by atoms with Crippen LogP contribution in [-0.2, 0) is 0 Å². The molecule has 1 unspecified atom stereocenters. The summed E-state index contributed by atoms with van der Waals surface area (Å²) in [5, 5.41) is 3.46. The monoisotopic (exact) mass is 273 g/mol. The zero-order valence-corrected chi connectivity index (χ0v) is 12.3. The Hall–Kier alpha value is -2.03. The Morgan fingerprint density at radius 3 is 2.55 bits per heavy atom. The fourth-order valence-electron chi connectivity index (χ4n) is 2.15. The van der Waals surface area contributed by atoms with Crippen LogP contribution >= 0.6 is 0 Å². The van der Waals surface area contributed by atoms with Crippen LogP contribution in [0.25, 0.3) is 0 Å². The van der Waals surface area contributed by atoms with Crippen molar-refractivity contribution in [2.24, 2.45) is 0 Å². The molecule has 0 saturated heterocycles. The van der Waals surface area contributed by atoms with E-state index in [0.717, 1.165) is 11.3 Å². The number of ether oxygens (including phenoxy) is 1. The number of aryl methyl sites for hydroxylation is 2. The fraction of sp³-hybridized carbons (Fsp3) is 0.294. The van der Waals surface area contributed by atoms with Gasteiger partial charge < -0.3 is 10.1 Å². The quantitative estimate of drug-likeness (QED) is 0.877. The second kappa shape index (κ2) is 5.95. The van der Waals surface area contributed by atoms with Crippen molar-refractivity contribution in [3.05, 3.63) is 58.9 Å². The number of hydrogen-bond acceptors (Lipinski definition) is 2. The lowest BCUT2D eigenvalue weighted by Gasteiger charge is -2.18. The van der Waals surface area contributed by atoms with Gasteiger partial charge in [-0.05, 0) is 55.7 Å². The Kier molecular flexibility index (Phi) is 4.28. The maximum absolute atomic E-state index is 13.4. The summed E-state index contributed by atoms with van der Waals surface area (Å²) in [5.74, 6) is -0.0627. The number of halogens is 1. The summed E-state index contributed by atoms with van der Waals surface area (Å²) in [7, 11) is 1.48. The molecule has 0 aliphatic heterocycles. The van der Waals surface area contributed by atoms with Gasteiger partial charge in [-0.25, -0.2) is 4.39 Å². The lowest BCUT2D eigenvalue weighted by molar-refractivity contribution is 0.385. The molecule has 0 fully saturated rings. The summed E-state index contributed by atoms with van der Waals surface area (Å²) in [5.41, 5.74) is 4.49. The third kappa shape index (κ3) is 3.10. The average Bonchev–Trinajstić information content (AvgIpc) is 2.43. The van der Waals surface area contributed by atoms with Crippen molar-refractivity contribution in [3.8, 4) is 5.75 Å². The third-order valence-electron chi connectivity index (χ3n) is 3.44. The van der Waals surface area contributed by atoms with Crippen molar-refractivity contribution in [1.29, 1.82) is 0 Å². The van der Waals surface area contributed by atoms with Crippen molar-refractivity contribution in [3.63, 3.8) is 0 Å². The molecule has 20 heavy (non-hydrogen) atoms. The van der Waals surface area contributed by atoms with E-state index in [1.807, 2.05) is 0 Å². The first-order chi connectivity index (χ1) is 9.51. The lowest BCUT2D eigenvalue weighted by atomic mass is 10.1. The van der Waals surface area contributed by atoms with Crippen LogP contribution in [0, 0.1) is 19.7 Å². The molecule has 0 aliphatic rings. The van der Waals surface area contributed by atoms with Gasteiger partial charge in [-0.15, -0.1) is 0 Å². The summed E-state index contributed by atoms with van der Waals surface area (Å²) in [6.45, 7) is 6.18. The van der Waals surface area contributed by atoms with Gasteiger partial charge >= 0.3 is 0 Å². The standard InChI is InChI=1S/C17H20FNO/c1-11-5-6-12(2)16(9-11)19-13(3)14-7-8-15(18)17(10-14)20-4/h5-10,13,19H,1-4H3. The summed E-state index contributed by atoms with van der Waals surface area (Å²) in [4.78, 5) is 0. The zero-order valence-electron chi connectivity index (χ0n) is 12.3. The topological polar surface area (TPSA) is 21.3 Å². The van der Waals surface area contributed by atoms with Crippen LogP contribution in [0.15, 0.2) is 36.4 Å². The van der Waals surface area contributed by atoms with E-state index < -0.39 is 0 Å². The normalized spacial score (nSPS) is 12.1. The van der Waals surface area contributed by atoms with Gasteiger partial charge in [0, 0.05) is 11.7 Å². The summed E-state index contributed by atoms with van der Waals surface area (Å²) in [6, 6.07) is 11.3. The van der Waals surface area contributed by atoms with E-state index in [4.69, 9.17) is 4.74 Å². The highest BCUT2D eigenvalue weighted by Gasteiger charge is 2.10. The van der Waals surface area contributed by atoms with Crippen LogP contribution in [0.4, 0.5) is 10.1 Å². The average molecular weight is 273 g/mol. The van der Waals surface area contributed by atoms with Gasteiger partial charge in [-0.2, -0.15) is 0 Å². The van der Waals surface area contributed by atoms with Gasteiger partial charge in [0.2, 0.25) is 0 Å². The Morgan fingerprint density at radius 1 is 1.10 bits per heavy atom. The minimum atomic E-state index is -0.338. The highest BCUT2D eigenvalue weighted by molar-refractivity contribution is 5.54. The molecule has 0 heterocycles. The van der Waals surface area contributed by atoms with Crippen LogP contribution in [0.5, 0.6) is 5.75 Å². The van der Waals surface area contributed by atoms with Gasteiger partial charge in [0.1, 0.15) is 0 Å². The predicted molar refractivity (Wildman–Crippen MR) is 80.9 cm³/mol. The summed E-state index contributed by atoms with van der Waals surface area (Å²) >= 11 is 0. The molecule has 2 aromatic carbocycles. The molecule has 0 saturated carbocycles. The molecular formula is C17H20FNO. The van der Waals surface area contributed by atoms with E-state index in [1.165, 1.54) is 24.3 Å². The first-order valence-electron chi connectivity index (χ1n) is 6.68. The van der Waals surface area contributed by atoms with Gasteiger partial charge in [0.15, 0.2) is 11.6 Å². The fourth-order valence-corrected chi connectivity index (χ4v) is 2.15. The molecule has 1 atom stereocenters. The lowest BCUT2D eigenvalue weighted by Crippen LogP contribution is -2.08. The second-order valence-electron chi connectivity index (χ2n) is 5.08. The number of anilines is 1. The molecule has 3 heteroatoms. The highest BCUT2D eigenvalue weighted by Crippen LogP contribution is 2.26. The van der Waals surface area contributed by atoms with E-state index in [-0.39, 0.29) is 17.6 Å². The van der Waals surface area contributed by atoms with E-state index >= 15 is 0 Å². The third-order valence-corrected chi connectivity index (χ3v) is 3.44. The molecule has 2 aromatic rings. The molecule has 0 aliphatic carbocycles. The Balaban J connectivity index is 2.23. The molecule has 0 amide bonds. The van der Waals surface area contributed by atoms with Crippen molar-refractivity contribution in [1.82, 2.24) is 0 Å². The van der Waals surface area contributed by atoms with Crippen molar-refractivity contribution in [2.45, 2.75) is 26.8 Å². The SMILES string of the molecule is COc1cc(C(C)Nc2cc(C)ccc2C)ccc1F. The first-order valence-corrected chi connectivity index (χ1v) is 6.68. The maximum atomic E-state index is 13.4. The van der Waals surface area contributed by atoms with Crippen molar-refractivity contribution >= 4 is 5.69 Å². The smallest absolute Gasteiger partial charge is 0.165 e. The minimum Gasteiger partial charge on any atom is -0.494 e. The molecule has 2 nitrogen and oxygen atoms in total. The predicted octanol–water partition coefficient (Wildman–Crippen LogP) is 4.62. The van der Waals surface area contributed by atoms with Crippen molar-refractivity contribution in [2.75, 3.05) is 12.4 Å². The van der Waals surface area contributed by atoms with E-state index in [9.17, 15) is 4.39 Å². The van der Waals surface area contributed by atoms with Crippen LogP contribution in [0.1, 0.15) is 29.7 Å². The van der Waals surface area contributed by atoms with Gasteiger partial charge in [-0.1, -0.05) is 18.2 Å². The van der Waals surface area contributed by atoms with E-state index in [2.05, 4.69) is 44.3 Å². The van der Waals surface area contributed by atoms with E-state index in [1.54, 1.807) is 12.1 Å². The zero-order chi connectivity index (χ0) is 14.7. The number of hydrogen-bond donors (Lipinski definition) is 1. The van der Waals surface area contributed by atoms with Crippen LogP contribution < -0.4 is 10.1 Å². The molecule has 106 valence electrons. The van der Waals surface area contributed by atoms with Gasteiger partial charge in [0.05, 0.1) is 7.11 Å². The first kappa shape index (κ1) is 14.4. The van der Waals surface area contributed by atoms with E-state index in [0.29, 0.717) is 0 Å². The Morgan fingerprint density at radius 2 is 1.85 bits per heavy atom. The second-order valence-corrected chi connectivity index (χ2v) is 5.08. The molecule has 0 spiro atoms. The minimum absolute atomic E-state index is 0.0741. The van der Waals surface area contributed by atoms with Crippen LogP contribution in [0.3, 0.4) is 0 Å². The molecule has 0 radical (unpaired) electrons. The summed E-state index contributed by atoms with van der Waals surface area (Å²) in [6.07, 6.45) is 0. The van der Waals surface area contributed by atoms with Gasteiger partial charge in [-0.3, -0.25) is 0 Å². The highest BCUT2D eigenvalue weighted by atomic mass is 19.1. The molecule has 1 N–H and O–H groups in total. The molecule has 2 rings (SSSR count). The van der Waals surface area contributed by atoms with Crippen LogP contribution in [-0.4, -0.2) is 7.11 Å². The Labute approximate surface area is 119 Å². The van der Waals surface area contributed by atoms with Gasteiger partial charge in [0.25, 0.3) is 0 Å². The molecular weight excluding hydrogens is 253 g/mol. The largest absolute Gasteiger partial charge is 0.494 e. The number of nitrogens with one attached hydrogen (secondary N) is 1. The number of methoxy groups -OCH3 is 1. The summed E-state index contributed by atoms with van der Waals surface area (Å²) < 4.78 is 18.5. The number of benzene rings is 2. The molecule has 0 bridgehead atoms. The van der Waals surface area contributed by atoms with Crippen molar-refractivity contribution < 1.29 is 9.13 Å².